The second-order valence-electron chi connectivity index (χ2n) is 10.1. The van der Waals surface area contributed by atoms with Crippen molar-refractivity contribution in [2.45, 2.75) is 76.5 Å². The minimum Gasteiger partial charge on any atom is -0.480 e. The first-order chi connectivity index (χ1) is 19.2. The summed E-state index contributed by atoms with van der Waals surface area (Å²) in [5, 5.41) is 17.9. The molecule has 2 aromatic carbocycles. The molecule has 10 nitrogen and oxygen atoms in total. The normalized spacial score (nSPS) is 14.7. The van der Waals surface area contributed by atoms with E-state index in [2.05, 4.69) is 16.0 Å². The first kappa shape index (κ1) is 32.5. The second kappa shape index (κ2) is 17.0. The van der Waals surface area contributed by atoms with Gasteiger partial charge in [0.25, 0.3) is 0 Å². The summed E-state index contributed by atoms with van der Waals surface area (Å²) in [6.07, 6.45) is 2.69. The van der Waals surface area contributed by atoms with Crippen molar-refractivity contribution in [3.05, 3.63) is 71.8 Å². The van der Waals surface area contributed by atoms with E-state index in [9.17, 15) is 24.3 Å². The molecule has 0 heterocycles. The number of amides is 3. The molecule has 0 saturated carbocycles. The average Bonchev–Trinajstić information content (AvgIpc) is 2.95. The third-order valence-electron chi connectivity index (χ3n) is 6.91. The third kappa shape index (κ3) is 10.8. The molecule has 0 aliphatic carbocycles. The van der Waals surface area contributed by atoms with Gasteiger partial charge in [-0.15, -0.1) is 0 Å². The number of carboxylic acid groups (broad SMARTS) is 1. The lowest BCUT2D eigenvalue weighted by Gasteiger charge is -2.28. The Hall–Kier alpha value is -3.76. The molecule has 0 aromatic heterocycles. The number of hydrogen-bond acceptors (Lipinski definition) is 6. The predicted molar refractivity (Wildman–Crippen MR) is 154 cm³/mol. The fourth-order valence-electron chi connectivity index (χ4n) is 4.24. The molecule has 0 radical (unpaired) electrons. The minimum absolute atomic E-state index is 0.0848. The Morgan fingerprint density at radius 1 is 0.775 bits per heavy atom. The van der Waals surface area contributed by atoms with Crippen molar-refractivity contribution in [2.75, 3.05) is 6.54 Å². The molecule has 0 spiro atoms. The molecule has 0 saturated heterocycles. The fourth-order valence-corrected chi connectivity index (χ4v) is 4.24. The maximum Gasteiger partial charge on any atom is 0.326 e. The van der Waals surface area contributed by atoms with E-state index < -0.39 is 47.9 Å². The number of carbonyl (C=O) groups excluding carboxylic acids is 3. The highest BCUT2D eigenvalue weighted by molar-refractivity contribution is 5.94. The van der Waals surface area contributed by atoms with Gasteiger partial charge in [-0.1, -0.05) is 87.4 Å². The number of unbranched alkanes of at least 4 members (excludes halogenated alkanes) is 1. The fraction of sp³-hybridized carbons (Fsp3) is 0.467. The molecule has 0 aliphatic heterocycles. The Morgan fingerprint density at radius 3 is 1.80 bits per heavy atom. The number of nitrogens with one attached hydrogen (secondary N) is 3. The van der Waals surface area contributed by atoms with E-state index in [1.807, 2.05) is 50.2 Å². The van der Waals surface area contributed by atoms with Gasteiger partial charge in [-0.3, -0.25) is 14.4 Å². The quantitative estimate of drug-likeness (QED) is 0.161. The zero-order valence-electron chi connectivity index (χ0n) is 23.3. The molecule has 2 rings (SSSR count). The zero-order chi connectivity index (χ0) is 29.5. The summed E-state index contributed by atoms with van der Waals surface area (Å²) in [6, 6.07) is 14.1. The number of aliphatic carboxylic acids is 1. The van der Waals surface area contributed by atoms with Gasteiger partial charge in [-0.05, 0) is 36.4 Å². The molecule has 0 fully saturated rings. The van der Waals surface area contributed by atoms with Gasteiger partial charge in [0.15, 0.2) is 0 Å². The van der Waals surface area contributed by atoms with E-state index >= 15 is 0 Å². The van der Waals surface area contributed by atoms with Gasteiger partial charge >= 0.3 is 5.97 Å². The van der Waals surface area contributed by atoms with Gasteiger partial charge in [0.2, 0.25) is 17.7 Å². The van der Waals surface area contributed by atoms with E-state index in [0.29, 0.717) is 25.8 Å². The molecule has 8 N–H and O–H groups in total. The molecular weight excluding hydrogens is 510 g/mol. The lowest BCUT2D eigenvalue weighted by atomic mass is 9.96. The van der Waals surface area contributed by atoms with Gasteiger partial charge in [-0.25, -0.2) is 4.79 Å². The number of nitrogens with two attached hydrogens (primary N) is 2. The summed E-state index contributed by atoms with van der Waals surface area (Å²) >= 11 is 0. The van der Waals surface area contributed by atoms with Crippen molar-refractivity contribution >= 4 is 23.7 Å². The van der Waals surface area contributed by atoms with Crippen molar-refractivity contribution in [1.82, 2.24) is 16.0 Å². The van der Waals surface area contributed by atoms with Gasteiger partial charge in [0, 0.05) is 12.8 Å². The Morgan fingerprint density at radius 2 is 1.30 bits per heavy atom. The van der Waals surface area contributed by atoms with Gasteiger partial charge in [0.05, 0.1) is 6.04 Å². The number of benzene rings is 2. The molecule has 10 heteroatoms. The monoisotopic (exact) mass is 553 g/mol. The van der Waals surface area contributed by atoms with Gasteiger partial charge < -0.3 is 32.5 Å². The van der Waals surface area contributed by atoms with Crippen molar-refractivity contribution in [1.29, 1.82) is 0 Å². The summed E-state index contributed by atoms with van der Waals surface area (Å²) in [6.45, 7) is 4.23. The lowest BCUT2D eigenvalue weighted by molar-refractivity contribution is -0.142. The largest absolute Gasteiger partial charge is 0.480 e. The summed E-state index contributed by atoms with van der Waals surface area (Å²) in [7, 11) is 0. The maximum atomic E-state index is 13.5. The van der Waals surface area contributed by atoms with E-state index in [1.54, 1.807) is 24.3 Å². The Labute approximate surface area is 236 Å². The average molecular weight is 554 g/mol. The number of hydrogen-bond donors (Lipinski definition) is 6. The van der Waals surface area contributed by atoms with Crippen LogP contribution in [0.25, 0.3) is 0 Å². The highest BCUT2D eigenvalue weighted by atomic mass is 16.4. The van der Waals surface area contributed by atoms with Crippen LogP contribution in [0.2, 0.25) is 0 Å². The van der Waals surface area contributed by atoms with Crippen LogP contribution in [0.3, 0.4) is 0 Å². The number of carbonyl (C=O) groups is 4. The summed E-state index contributed by atoms with van der Waals surface area (Å²) in [5.41, 5.74) is 13.1. The third-order valence-corrected chi connectivity index (χ3v) is 6.91. The van der Waals surface area contributed by atoms with E-state index in [4.69, 9.17) is 11.5 Å². The van der Waals surface area contributed by atoms with Crippen LogP contribution in [0.4, 0.5) is 0 Å². The van der Waals surface area contributed by atoms with Crippen molar-refractivity contribution in [3.8, 4) is 0 Å². The van der Waals surface area contributed by atoms with Crippen LogP contribution in [0, 0.1) is 5.92 Å². The highest BCUT2D eigenvalue weighted by Gasteiger charge is 2.32. The molecule has 5 unspecified atom stereocenters. The first-order valence-electron chi connectivity index (χ1n) is 13.8. The summed E-state index contributed by atoms with van der Waals surface area (Å²) < 4.78 is 0. The molecule has 5 atom stereocenters. The van der Waals surface area contributed by atoms with Crippen molar-refractivity contribution in [3.63, 3.8) is 0 Å². The van der Waals surface area contributed by atoms with Crippen LogP contribution in [-0.4, -0.2) is 59.5 Å². The molecule has 218 valence electrons. The second-order valence-corrected chi connectivity index (χ2v) is 10.1. The van der Waals surface area contributed by atoms with Crippen molar-refractivity contribution in [2.24, 2.45) is 17.4 Å². The Bertz CT molecular complexity index is 1080. The Balaban J connectivity index is 2.22. The number of carboxylic acids is 1. The molecule has 0 aliphatic rings. The minimum atomic E-state index is -1.19. The van der Waals surface area contributed by atoms with Crippen LogP contribution in [0.1, 0.15) is 50.7 Å². The van der Waals surface area contributed by atoms with Gasteiger partial charge in [-0.2, -0.15) is 0 Å². The van der Waals surface area contributed by atoms with Crippen LogP contribution in [0.5, 0.6) is 0 Å². The van der Waals surface area contributed by atoms with E-state index in [1.165, 1.54) is 0 Å². The Kier molecular flexibility index (Phi) is 13.8. The molecule has 40 heavy (non-hydrogen) atoms. The maximum absolute atomic E-state index is 13.5. The zero-order valence-corrected chi connectivity index (χ0v) is 23.3. The summed E-state index contributed by atoms with van der Waals surface area (Å²) in [5.74, 6) is -3.05. The van der Waals surface area contributed by atoms with Crippen molar-refractivity contribution < 1.29 is 24.3 Å². The summed E-state index contributed by atoms with van der Waals surface area (Å²) in [4.78, 5) is 51.7. The topological polar surface area (TPSA) is 177 Å². The highest BCUT2D eigenvalue weighted by Crippen LogP contribution is 2.12. The smallest absolute Gasteiger partial charge is 0.326 e. The van der Waals surface area contributed by atoms with Crippen LogP contribution in [-0.2, 0) is 32.0 Å². The molecule has 2 aromatic rings. The van der Waals surface area contributed by atoms with Gasteiger partial charge in [0.1, 0.15) is 18.1 Å². The molecule has 0 bridgehead atoms. The lowest BCUT2D eigenvalue weighted by Crippen LogP contribution is -2.59. The van der Waals surface area contributed by atoms with Crippen LogP contribution < -0.4 is 27.4 Å². The van der Waals surface area contributed by atoms with E-state index in [0.717, 1.165) is 17.5 Å². The molecular formula is C30H43N5O5. The first-order valence-corrected chi connectivity index (χ1v) is 13.8. The SMILES string of the molecule is CCC(C)C(NC(=O)C(N)CCCCN)C(=O)NC(Cc1ccccc1)C(=O)NC(Cc1ccccc1)C(=O)O. The molecule has 3 amide bonds. The van der Waals surface area contributed by atoms with E-state index in [-0.39, 0.29) is 18.8 Å². The standard InChI is InChI=1S/C30H43N5O5/c1-3-20(2)26(35-27(36)23(32)16-10-11-17-31)29(38)33-24(18-21-12-6-4-7-13-21)28(37)34-25(30(39)40)19-22-14-8-5-9-15-22/h4-9,12-15,20,23-26H,3,10-11,16-19,31-32H2,1-2H3,(H,33,38)(H,34,37)(H,35,36)(H,39,40). The predicted octanol–water partition coefficient (Wildman–Crippen LogP) is 1.51. The number of rotatable bonds is 17. The van der Waals surface area contributed by atoms with Crippen LogP contribution in [0.15, 0.2) is 60.7 Å². The van der Waals surface area contributed by atoms with Crippen LogP contribution >= 0.6 is 0 Å².